The van der Waals surface area contributed by atoms with Gasteiger partial charge in [0.05, 0.1) is 0 Å². The molecule has 90 valence electrons. The lowest BCUT2D eigenvalue weighted by molar-refractivity contribution is -0.178. The van der Waals surface area contributed by atoms with Crippen LogP contribution in [0.5, 0.6) is 0 Å². The zero-order valence-electron chi connectivity index (χ0n) is 9.02. The Morgan fingerprint density at radius 2 is 1.80 bits per heavy atom. The molecule has 1 amide bonds. The third kappa shape index (κ3) is 6.33. The van der Waals surface area contributed by atoms with E-state index in [1.165, 1.54) is 5.01 Å². The van der Waals surface area contributed by atoms with Crippen molar-refractivity contribution in [2.45, 2.75) is 39.3 Å². The van der Waals surface area contributed by atoms with Crippen LogP contribution >= 0.6 is 0 Å². The van der Waals surface area contributed by atoms with Crippen molar-refractivity contribution < 1.29 is 18.0 Å². The standard InChI is InChI=1S/C9H17F3N2O/c1-3-5-7-14(6-4-2)13-8(15)9(10,11)12/h3-7H2,1-2H3,(H,13,15). The van der Waals surface area contributed by atoms with Crippen molar-refractivity contribution in [2.24, 2.45) is 0 Å². The quantitative estimate of drug-likeness (QED) is 0.703. The maximum Gasteiger partial charge on any atom is 0.472 e. The Bertz CT molecular complexity index is 194. The molecule has 0 spiro atoms. The Morgan fingerprint density at radius 1 is 1.20 bits per heavy atom. The van der Waals surface area contributed by atoms with Crippen LogP contribution in [0.1, 0.15) is 33.1 Å². The van der Waals surface area contributed by atoms with Crippen molar-refractivity contribution in [3.05, 3.63) is 0 Å². The molecule has 0 aliphatic carbocycles. The van der Waals surface area contributed by atoms with Gasteiger partial charge in [-0.05, 0) is 12.8 Å². The summed E-state index contributed by atoms with van der Waals surface area (Å²) in [6.07, 6.45) is -2.47. The summed E-state index contributed by atoms with van der Waals surface area (Å²) in [6.45, 7) is 4.67. The minimum atomic E-state index is -4.81. The van der Waals surface area contributed by atoms with E-state index >= 15 is 0 Å². The van der Waals surface area contributed by atoms with Gasteiger partial charge in [-0.15, -0.1) is 0 Å². The molecule has 15 heavy (non-hydrogen) atoms. The highest BCUT2D eigenvalue weighted by Gasteiger charge is 2.39. The number of halogens is 3. The zero-order valence-corrected chi connectivity index (χ0v) is 9.02. The molecule has 0 heterocycles. The number of unbranched alkanes of at least 4 members (excludes halogenated alkanes) is 1. The first-order chi connectivity index (χ1) is 6.91. The predicted octanol–water partition coefficient (Wildman–Crippen LogP) is 2.09. The van der Waals surface area contributed by atoms with Crippen LogP contribution in [-0.2, 0) is 4.79 Å². The average Bonchev–Trinajstić information content (AvgIpc) is 2.13. The number of hydrogen-bond acceptors (Lipinski definition) is 2. The third-order valence-corrected chi connectivity index (χ3v) is 1.79. The van der Waals surface area contributed by atoms with Gasteiger partial charge in [-0.3, -0.25) is 10.2 Å². The molecule has 6 heteroatoms. The van der Waals surface area contributed by atoms with E-state index in [1.54, 1.807) is 0 Å². The Balaban J connectivity index is 4.09. The van der Waals surface area contributed by atoms with Gasteiger partial charge >= 0.3 is 12.1 Å². The number of alkyl halides is 3. The van der Waals surface area contributed by atoms with Crippen molar-refractivity contribution in [3.63, 3.8) is 0 Å². The number of hydrazine groups is 1. The molecule has 0 fully saturated rings. The van der Waals surface area contributed by atoms with Gasteiger partial charge in [0.15, 0.2) is 0 Å². The lowest BCUT2D eigenvalue weighted by atomic mass is 10.3. The van der Waals surface area contributed by atoms with E-state index in [0.29, 0.717) is 19.5 Å². The molecule has 0 atom stereocenters. The zero-order chi connectivity index (χ0) is 11.9. The van der Waals surface area contributed by atoms with Crippen molar-refractivity contribution in [1.82, 2.24) is 10.4 Å². The number of nitrogens with one attached hydrogen (secondary N) is 1. The summed E-state index contributed by atoms with van der Waals surface area (Å²) < 4.78 is 35.8. The Kier molecular flexibility index (Phi) is 6.31. The molecule has 0 radical (unpaired) electrons. The summed E-state index contributed by atoms with van der Waals surface area (Å²) in [5, 5.41) is 1.32. The third-order valence-electron chi connectivity index (χ3n) is 1.79. The molecule has 0 aliphatic rings. The van der Waals surface area contributed by atoms with Gasteiger partial charge in [0, 0.05) is 13.1 Å². The normalized spacial score (nSPS) is 11.9. The number of nitrogens with zero attached hydrogens (tertiary/aromatic N) is 1. The second-order valence-electron chi connectivity index (χ2n) is 3.28. The van der Waals surface area contributed by atoms with Crippen LogP contribution < -0.4 is 5.43 Å². The fourth-order valence-electron chi connectivity index (χ4n) is 1.05. The highest BCUT2D eigenvalue weighted by Crippen LogP contribution is 2.14. The maximum absolute atomic E-state index is 11.9. The summed E-state index contributed by atoms with van der Waals surface area (Å²) >= 11 is 0. The van der Waals surface area contributed by atoms with Crippen molar-refractivity contribution >= 4 is 5.91 Å². The molecule has 1 N–H and O–H groups in total. The minimum Gasteiger partial charge on any atom is -0.281 e. The minimum absolute atomic E-state index is 0.432. The van der Waals surface area contributed by atoms with Crippen LogP contribution in [0.4, 0.5) is 13.2 Å². The van der Waals surface area contributed by atoms with E-state index in [4.69, 9.17) is 0 Å². The number of carbonyl (C=O) groups excluding carboxylic acids is 1. The first-order valence-corrected chi connectivity index (χ1v) is 5.04. The van der Waals surface area contributed by atoms with Gasteiger partial charge in [0.2, 0.25) is 0 Å². The predicted molar refractivity (Wildman–Crippen MR) is 51.0 cm³/mol. The van der Waals surface area contributed by atoms with E-state index in [-0.39, 0.29) is 0 Å². The molecular weight excluding hydrogens is 209 g/mol. The maximum atomic E-state index is 11.9. The number of rotatable bonds is 6. The number of amides is 1. The highest BCUT2D eigenvalue weighted by atomic mass is 19.4. The number of carbonyl (C=O) groups is 1. The van der Waals surface area contributed by atoms with E-state index in [2.05, 4.69) is 0 Å². The molecule has 0 aromatic carbocycles. The van der Waals surface area contributed by atoms with Gasteiger partial charge in [-0.2, -0.15) is 13.2 Å². The van der Waals surface area contributed by atoms with Gasteiger partial charge in [0.25, 0.3) is 0 Å². The monoisotopic (exact) mass is 226 g/mol. The summed E-state index contributed by atoms with van der Waals surface area (Å²) in [4.78, 5) is 10.6. The van der Waals surface area contributed by atoms with Gasteiger partial charge in [-0.25, -0.2) is 5.01 Å². The molecule has 0 saturated carbocycles. The van der Waals surface area contributed by atoms with Crippen LogP contribution in [-0.4, -0.2) is 30.2 Å². The van der Waals surface area contributed by atoms with Gasteiger partial charge in [-0.1, -0.05) is 20.3 Å². The largest absolute Gasteiger partial charge is 0.472 e. The lowest BCUT2D eigenvalue weighted by Gasteiger charge is -2.22. The fourth-order valence-corrected chi connectivity index (χ4v) is 1.05. The lowest BCUT2D eigenvalue weighted by Crippen LogP contribution is -2.48. The van der Waals surface area contributed by atoms with Crippen LogP contribution in [0, 0.1) is 0 Å². The topological polar surface area (TPSA) is 32.3 Å². The van der Waals surface area contributed by atoms with E-state index in [1.807, 2.05) is 19.3 Å². The average molecular weight is 226 g/mol. The van der Waals surface area contributed by atoms with Crippen molar-refractivity contribution in [3.8, 4) is 0 Å². The highest BCUT2D eigenvalue weighted by molar-refractivity contribution is 5.81. The van der Waals surface area contributed by atoms with Crippen LogP contribution in [0.2, 0.25) is 0 Å². The summed E-state index contributed by atoms with van der Waals surface area (Å²) in [7, 11) is 0. The summed E-state index contributed by atoms with van der Waals surface area (Å²) in [5.41, 5.74) is 1.86. The van der Waals surface area contributed by atoms with Gasteiger partial charge < -0.3 is 0 Å². The second-order valence-corrected chi connectivity index (χ2v) is 3.28. The van der Waals surface area contributed by atoms with Crippen molar-refractivity contribution in [2.75, 3.05) is 13.1 Å². The molecule has 0 bridgehead atoms. The van der Waals surface area contributed by atoms with Crippen LogP contribution in [0.25, 0.3) is 0 Å². The molecular formula is C9H17F3N2O. The Morgan fingerprint density at radius 3 is 2.20 bits per heavy atom. The Labute approximate surface area is 87.6 Å². The van der Waals surface area contributed by atoms with E-state index in [0.717, 1.165) is 12.8 Å². The molecule has 0 aromatic heterocycles. The van der Waals surface area contributed by atoms with Crippen molar-refractivity contribution in [1.29, 1.82) is 0 Å². The van der Waals surface area contributed by atoms with Gasteiger partial charge in [0.1, 0.15) is 0 Å². The van der Waals surface area contributed by atoms with Crippen LogP contribution in [0.15, 0.2) is 0 Å². The van der Waals surface area contributed by atoms with E-state index in [9.17, 15) is 18.0 Å². The molecule has 0 aromatic rings. The first kappa shape index (κ1) is 14.2. The summed E-state index contributed by atoms with van der Waals surface area (Å²) in [6, 6.07) is 0. The van der Waals surface area contributed by atoms with E-state index < -0.39 is 12.1 Å². The fraction of sp³-hybridized carbons (Fsp3) is 0.889. The SMILES string of the molecule is CCCCN(CCC)NC(=O)C(F)(F)F. The molecule has 0 rings (SSSR count). The second kappa shape index (κ2) is 6.66. The first-order valence-electron chi connectivity index (χ1n) is 5.04. The molecule has 0 aliphatic heterocycles. The smallest absolute Gasteiger partial charge is 0.281 e. The molecule has 3 nitrogen and oxygen atoms in total. The molecule has 0 saturated heterocycles. The number of hydrogen-bond donors (Lipinski definition) is 1. The Hall–Kier alpha value is -0.780. The molecule has 0 unspecified atom stereocenters. The van der Waals surface area contributed by atoms with Crippen LogP contribution in [0.3, 0.4) is 0 Å². The summed E-state index contributed by atoms with van der Waals surface area (Å²) in [5.74, 6) is -1.90.